The van der Waals surface area contributed by atoms with E-state index in [1.807, 2.05) is 0 Å². The Balaban J connectivity index is 0.00000169. The molecule has 0 spiro atoms. The molecular weight excluding hydrogens is 237 g/mol. The van der Waals surface area contributed by atoms with Gasteiger partial charge in [-0.2, -0.15) is 0 Å². The molecule has 0 saturated carbocycles. The van der Waals surface area contributed by atoms with Crippen LogP contribution < -0.4 is 0 Å². The van der Waals surface area contributed by atoms with Crippen LogP contribution in [0.1, 0.15) is 13.3 Å². The summed E-state index contributed by atoms with van der Waals surface area (Å²) in [4.78, 5) is 21.5. The van der Waals surface area contributed by atoms with Crippen LogP contribution in [0.2, 0.25) is 0 Å². The van der Waals surface area contributed by atoms with Crippen molar-refractivity contribution in [3.05, 3.63) is 12.2 Å². The van der Waals surface area contributed by atoms with E-state index in [0.717, 1.165) is 0 Å². The third-order valence-electron chi connectivity index (χ3n) is 2.43. The molecule has 2 N–H and O–H groups in total. The Morgan fingerprint density at radius 3 is 2.21 bits per heavy atom. The molecule has 0 aromatic rings. The molecule has 14 heavy (non-hydrogen) atoms. The van der Waals surface area contributed by atoms with Gasteiger partial charge in [-0.1, -0.05) is 19.1 Å². The van der Waals surface area contributed by atoms with Crippen molar-refractivity contribution in [3.8, 4) is 0 Å². The zero-order valence-corrected chi connectivity index (χ0v) is 11.0. The second-order valence-corrected chi connectivity index (χ2v) is 3.33. The molecule has 1 rings (SSSR count). The van der Waals surface area contributed by atoms with Gasteiger partial charge >= 0.3 is 11.9 Å². The van der Waals surface area contributed by atoms with E-state index in [4.69, 9.17) is 10.2 Å². The smallest absolute Gasteiger partial charge is 0.307 e. The first-order valence-corrected chi connectivity index (χ1v) is 4.16. The molecule has 0 aromatic carbocycles. The summed E-state index contributed by atoms with van der Waals surface area (Å²) in [5.74, 6) is -3.82. The number of carbonyl (C=O) groups is 2. The van der Waals surface area contributed by atoms with Crippen LogP contribution in [0.4, 0.5) is 0 Å². The molecule has 0 fully saturated rings. The summed E-state index contributed by atoms with van der Waals surface area (Å²) >= 11 is 0. The predicted molar refractivity (Wildman–Crippen MR) is 45.2 cm³/mol. The van der Waals surface area contributed by atoms with E-state index in [1.165, 1.54) is 0 Å². The van der Waals surface area contributed by atoms with Gasteiger partial charge < -0.3 is 10.2 Å². The summed E-state index contributed by atoms with van der Waals surface area (Å²) in [6, 6.07) is 0. The van der Waals surface area contributed by atoms with Crippen molar-refractivity contribution in [2.45, 2.75) is 13.3 Å². The minimum absolute atomic E-state index is 0. The zero-order valence-electron chi connectivity index (χ0n) is 8.01. The number of carboxylic acid groups (broad SMARTS) is 2. The Kier molecular flexibility index (Phi) is 4.99. The van der Waals surface area contributed by atoms with Crippen molar-refractivity contribution in [2.24, 2.45) is 17.8 Å². The third kappa shape index (κ3) is 2.64. The quantitative estimate of drug-likeness (QED) is 0.565. The minimum Gasteiger partial charge on any atom is -0.481 e. The molecule has 74 valence electrons. The van der Waals surface area contributed by atoms with Gasteiger partial charge in [0.15, 0.2) is 0 Å². The van der Waals surface area contributed by atoms with Crippen LogP contribution in [0.5, 0.6) is 0 Å². The van der Waals surface area contributed by atoms with Gasteiger partial charge in [-0.25, -0.2) is 0 Å². The number of rotatable bonds is 2. The van der Waals surface area contributed by atoms with Gasteiger partial charge in [-0.15, -0.1) is 0 Å². The number of hydrogen-bond acceptors (Lipinski definition) is 2. The van der Waals surface area contributed by atoms with E-state index in [2.05, 4.69) is 0 Å². The molecule has 1 aliphatic carbocycles. The monoisotopic (exact) mass is 248 g/mol. The van der Waals surface area contributed by atoms with Crippen molar-refractivity contribution >= 4 is 11.9 Å². The van der Waals surface area contributed by atoms with E-state index < -0.39 is 23.8 Å². The van der Waals surface area contributed by atoms with Crippen molar-refractivity contribution in [2.75, 3.05) is 0 Å². The van der Waals surface area contributed by atoms with Crippen molar-refractivity contribution in [1.29, 1.82) is 0 Å². The van der Waals surface area contributed by atoms with Crippen LogP contribution in [-0.2, 0) is 29.1 Å². The fourth-order valence-corrected chi connectivity index (χ4v) is 1.72. The summed E-state index contributed by atoms with van der Waals surface area (Å²) in [6.07, 6.45) is 3.82. The number of aliphatic carboxylic acids is 2. The van der Waals surface area contributed by atoms with Crippen LogP contribution in [0.3, 0.4) is 0 Å². The molecule has 4 nitrogen and oxygen atoms in total. The van der Waals surface area contributed by atoms with Crippen LogP contribution >= 0.6 is 0 Å². The maximum atomic E-state index is 10.8. The summed E-state index contributed by atoms with van der Waals surface area (Å²) in [6.45, 7) is 1.73. The molecule has 0 heterocycles. The van der Waals surface area contributed by atoms with Gasteiger partial charge in [-0.05, 0) is 12.3 Å². The molecule has 0 saturated heterocycles. The molecule has 3 atom stereocenters. The number of allylic oxidation sites excluding steroid dienone is 2. The number of hydrogen-bond donors (Lipinski definition) is 2. The van der Waals surface area contributed by atoms with E-state index in [9.17, 15) is 9.59 Å². The van der Waals surface area contributed by atoms with Crippen LogP contribution in [0.25, 0.3) is 0 Å². The SMILES string of the molecule is CC1C=CCC(C(=O)O)C1C(=O)O.[Zn]. The van der Waals surface area contributed by atoms with E-state index in [1.54, 1.807) is 19.1 Å². The average molecular weight is 250 g/mol. The summed E-state index contributed by atoms with van der Waals surface area (Å²) in [7, 11) is 0. The molecule has 0 bridgehead atoms. The first-order valence-electron chi connectivity index (χ1n) is 4.16. The van der Waals surface area contributed by atoms with E-state index >= 15 is 0 Å². The molecule has 1 aliphatic rings. The topological polar surface area (TPSA) is 74.6 Å². The predicted octanol–water partition coefficient (Wildman–Crippen LogP) is 0.982. The minimum atomic E-state index is -1.02. The van der Waals surface area contributed by atoms with Crippen molar-refractivity contribution in [3.63, 3.8) is 0 Å². The molecule has 3 unspecified atom stereocenters. The Labute approximate surface area is 94.8 Å². The Morgan fingerprint density at radius 1 is 1.29 bits per heavy atom. The molecule has 0 radical (unpaired) electrons. The van der Waals surface area contributed by atoms with Gasteiger partial charge in [0.2, 0.25) is 0 Å². The van der Waals surface area contributed by atoms with Crippen LogP contribution in [0.15, 0.2) is 12.2 Å². The first kappa shape index (κ1) is 13.3. The van der Waals surface area contributed by atoms with Gasteiger partial charge in [0.05, 0.1) is 11.8 Å². The fourth-order valence-electron chi connectivity index (χ4n) is 1.72. The van der Waals surface area contributed by atoms with Gasteiger partial charge in [0.25, 0.3) is 0 Å². The van der Waals surface area contributed by atoms with Gasteiger partial charge in [0.1, 0.15) is 0 Å². The normalized spacial score (nSPS) is 30.5. The van der Waals surface area contributed by atoms with E-state index in [-0.39, 0.29) is 25.4 Å². The molecular formula is C9H12O4Zn. The van der Waals surface area contributed by atoms with Crippen LogP contribution in [0, 0.1) is 17.8 Å². The Hall–Kier alpha value is -0.697. The van der Waals surface area contributed by atoms with Crippen LogP contribution in [-0.4, -0.2) is 22.2 Å². The molecule has 5 heteroatoms. The van der Waals surface area contributed by atoms with Gasteiger partial charge in [-0.3, -0.25) is 9.59 Å². The van der Waals surface area contributed by atoms with E-state index in [0.29, 0.717) is 6.42 Å². The second kappa shape index (κ2) is 5.25. The summed E-state index contributed by atoms with van der Waals surface area (Å²) in [5.41, 5.74) is 0. The standard InChI is InChI=1S/C9H12O4.Zn/c1-5-3-2-4-6(8(10)11)7(5)9(12)13;/h2-3,5-7H,4H2,1H3,(H,10,11)(H,12,13);. The zero-order chi connectivity index (χ0) is 10.0. The largest absolute Gasteiger partial charge is 0.481 e. The Morgan fingerprint density at radius 2 is 1.86 bits per heavy atom. The van der Waals surface area contributed by atoms with Crippen molar-refractivity contribution in [1.82, 2.24) is 0 Å². The maximum absolute atomic E-state index is 10.8. The van der Waals surface area contributed by atoms with Crippen molar-refractivity contribution < 1.29 is 39.3 Å². The first-order chi connectivity index (χ1) is 6.04. The maximum Gasteiger partial charge on any atom is 0.307 e. The van der Waals surface area contributed by atoms with Gasteiger partial charge in [0, 0.05) is 19.5 Å². The summed E-state index contributed by atoms with van der Waals surface area (Å²) in [5, 5.41) is 17.6. The average Bonchev–Trinajstić information content (AvgIpc) is 2.02. The molecule has 0 amide bonds. The third-order valence-corrected chi connectivity index (χ3v) is 2.43. The fraction of sp³-hybridized carbons (Fsp3) is 0.556. The summed E-state index contributed by atoms with van der Waals surface area (Å²) < 4.78 is 0. The second-order valence-electron chi connectivity index (χ2n) is 3.33. The number of carboxylic acids is 2. The molecule has 0 aromatic heterocycles. The Bertz CT molecular complexity index is 262. The molecule has 0 aliphatic heterocycles.